The molecule has 5 nitrogen and oxygen atoms in total. The lowest BCUT2D eigenvalue weighted by Crippen LogP contribution is -2.28. The zero-order chi connectivity index (χ0) is 16.6. The Bertz CT molecular complexity index is 826. The van der Waals surface area contributed by atoms with Gasteiger partial charge in [-0.05, 0) is 40.2 Å². The molecule has 1 aliphatic heterocycles. The average molecular weight is 418 g/mol. The number of hydrogen-bond donors (Lipinski definition) is 1. The maximum atomic E-state index is 12.5. The van der Waals surface area contributed by atoms with Crippen molar-refractivity contribution in [3.8, 4) is 0 Å². The Hall–Kier alpha value is -0.890. The molecule has 0 saturated carbocycles. The van der Waals surface area contributed by atoms with Crippen molar-refractivity contribution in [2.45, 2.75) is 30.7 Å². The number of ketones is 1. The highest BCUT2D eigenvalue weighted by Gasteiger charge is 2.28. The van der Waals surface area contributed by atoms with E-state index < -0.39 is 6.10 Å². The number of carbonyl (C=O) groups is 1. The Kier molecular flexibility index (Phi) is 5.10. The lowest BCUT2D eigenvalue weighted by atomic mass is 10.1. The number of benzene rings is 1. The van der Waals surface area contributed by atoms with Crippen molar-refractivity contribution >= 4 is 56.0 Å². The average Bonchev–Trinajstić information content (AvgIpc) is 2.89. The van der Waals surface area contributed by atoms with E-state index in [1.807, 2.05) is 0 Å². The fourth-order valence-corrected chi connectivity index (χ4v) is 4.41. The van der Waals surface area contributed by atoms with Gasteiger partial charge in [0.1, 0.15) is 0 Å². The second-order valence-corrected chi connectivity index (χ2v) is 8.08. The fraction of sp³-hybridized carbons (Fsp3) is 0.400. The standard InChI is InChI=1S/C15H14BrClN2O3S/c16-10-5-12-9(4-11(10)17)15(22)19(7-18-12)6-8(20)3-14-13(21)1-2-23-14/h4-5,7,13-14,21H,1-3,6H2/t13-,14+/m1/s1. The van der Waals surface area contributed by atoms with Crippen LogP contribution in [0.15, 0.2) is 27.7 Å². The van der Waals surface area contributed by atoms with E-state index >= 15 is 0 Å². The number of aliphatic hydroxyl groups is 1. The minimum absolute atomic E-state index is 0.0424. The number of fused-ring (bicyclic) bond motifs is 1. The molecule has 0 bridgehead atoms. The number of aliphatic hydroxyl groups excluding tert-OH is 1. The van der Waals surface area contributed by atoms with Gasteiger partial charge in [-0.2, -0.15) is 11.8 Å². The highest BCUT2D eigenvalue weighted by atomic mass is 79.9. The van der Waals surface area contributed by atoms with Gasteiger partial charge in [0.15, 0.2) is 5.78 Å². The van der Waals surface area contributed by atoms with E-state index in [-0.39, 0.29) is 29.6 Å². The van der Waals surface area contributed by atoms with Gasteiger partial charge in [-0.25, -0.2) is 4.98 Å². The lowest BCUT2D eigenvalue weighted by Gasteiger charge is -2.13. The van der Waals surface area contributed by atoms with Gasteiger partial charge >= 0.3 is 0 Å². The van der Waals surface area contributed by atoms with E-state index in [2.05, 4.69) is 20.9 Å². The highest BCUT2D eigenvalue weighted by Crippen LogP contribution is 2.29. The van der Waals surface area contributed by atoms with Crippen LogP contribution in [0.1, 0.15) is 12.8 Å². The van der Waals surface area contributed by atoms with Crippen LogP contribution < -0.4 is 5.56 Å². The summed E-state index contributed by atoms with van der Waals surface area (Å²) in [6.07, 6.45) is 1.91. The highest BCUT2D eigenvalue weighted by molar-refractivity contribution is 9.10. The SMILES string of the molecule is O=C(C[C@@H]1SCC[C@H]1O)Cn1cnc2cc(Br)c(Cl)cc2c1=O. The van der Waals surface area contributed by atoms with Crippen LogP contribution in [-0.2, 0) is 11.3 Å². The molecular weight excluding hydrogens is 404 g/mol. The number of Topliss-reactive ketones (excluding diaryl/α,β-unsaturated/α-hetero) is 1. The summed E-state index contributed by atoms with van der Waals surface area (Å²) in [4.78, 5) is 28.9. The van der Waals surface area contributed by atoms with Crippen LogP contribution in [0, 0.1) is 0 Å². The van der Waals surface area contributed by atoms with Crippen molar-refractivity contribution in [1.82, 2.24) is 9.55 Å². The van der Waals surface area contributed by atoms with E-state index in [9.17, 15) is 14.7 Å². The third-order valence-electron chi connectivity index (χ3n) is 3.82. The summed E-state index contributed by atoms with van der Waals surface area (Å²) in [6, 6.07) is 3.23. The summed E-state index contributed by atoms with van der Waals surface area (Å²) in [5.74, 6) is 0.777. The molecule has 1 N–H and O–H groups in total. The number of hydrogen-bond acceptors (Lipinski definition) is 5. The van der Waals surface area contributed by atoms with Crippen molar-refractivity contribution in [2.75, 3.05) is 5.75 Å². The Morgan fingerprint density at radius 3 is 3.00 bits per heavy atom. The van der Waals surface area contributed by atoms with Crippen molar-refractivity contribution in [2.24, 2.45) is 0 Å². The maximum Gasteiger partial charge on any atom is 0.261 e. The van der Waals surface area contributed by atoms with Gasteiger partial charge in [0.05, 0.1) is 34.9 Å². The van der Waals surface area contributed by atoms with Gasteiger partial charge in [0.2, 0.25) is 0 Å². The molecular formula is C15H14BrClN2O3S. The van der Waals surface area contributed by atoms with Crippen molar-refractivity contribution in [3.05, 3.63) is 38.3 Å². The molecule has 3 rings (SSSR count). The molecule has 0 aliphatic carbocycles. The molecule has 122 valence electrons. The summed E-state index contributed by atoms with van der Waals surface area (Å²) in [6.45, 7) is -0.0424. The Morgan fingerprint density at radius 2 is 2.30 bits per heavy atom. The molecule has 2 heterocycles. The van der Waals surface area contributed by atoms with Crippen molar-refractivity contribution in [3.63, 3.8) is 0 Å². The third kappa shape index (κ3) is 3.63. The van der Waals surface area contributed by atoms with Crippen LogP contribution >= 0.6 is 39.3 Å². The molecule has 1 aliphatic rings. The molecule has 1 fully saturated rings. The molecule has 1 saturated heterocycles. The van der Waals surface area contributed by atoms with Crippen LogP contribution in [0.5, 0.6) is 0 Å². The predicted octanol–water partition coefficient (Wildman–Crippen LogP) is 2.64. The van der Waals surface area contributed by atoms with E-state index in [0.717, 1.165) is 5.75 Å². The molecule has 2 aromatic rings. The van der Waals surface area contributed by atoms with Gasteiger partial charge in [-0.15, -0.1) is 0 Å². The Morgan fingerprint density at radius 1 is 1.52 bits per heavy atom. The largest absolute Gasteiger partial charge is 0.392 e. The van der Waals surface area contributed by atoms with E-state index in [1.54, 1.807) is 23.9 Å². The number of thioether (sulfide) groups is 1. The number of halogens is 2. The molecule has 0 radical (unpaired) electrons. The molecule has 0 spiro atoms. The van der Waals surface area contributed by atoms with E-state index in [0.29, 0.717) is 26.8 Å². The summed E-state index contributed by atoms with van der Waals surface area (Å²) < 4.78 is 1.96. The van der Waals surface area contributed by atoms with Gasteiger partial charge in [0, 0.05) is 16.1 Å². The molecule has 0 amide bonds. The summed E-state index contributed by atoms with van der Waals surface area (Å²) in [5.41, 5.74) is 0.231. The van der Waals surface area contributed by atoms with E-state index in [4.69, 9.17) is 11.6 Å². The molecule has 0 unspecified atom stereocenters. The second kappa shape index (κ2) is 6.93. The van der Waals surface area contributed by atoms with Crippen LogP contribution in [0.4, 0.5) is 0 Å². The molecule has 2 atom stereocenters. The first-order chi connectivity index (χ1) is 11.0. The maximum absolute atomic E-state index is 12.5. The number of rotatable bonds is 4. The number of nitrogens with zero attached hydrogens (tertiary/aromatic N) is 2. The smallest absolute Gasteiger partial charge is 0.261 e. The molecule has 1 aromatic heterocycles. The first kappa shape index (κ1) is 17.0. The minimum Gasteiger partial charge on any atom is -0.392 e. The first-order valence-electron chi connectivity index (χ1n) is 7.11. The normalized spacial score (nSPS) is 21.0. The van der Waals surface area contributed by atoms with Crippen LogP contribution in [-0.4, -0.2) is 37.5 Å². The van der Waals surface area contributed by atoms with Crippen LogP contribution in [0.3, 0.4) is 0 Å². The number of aromatic nitrogens is 2. The molecule has 1 aromatic carbocycles. The quantitative estimate of drug-likeness (QED) is 0.828. The Balaban J connectivity index is 1.83. The summed E-state index contributed by atoms with van der Waals surface area (Å²) in [7, 11) is 0. The molecule has 23 heavy (non-hydrogen) atoms. The first-order valence-corrected chi connectivity index (χ1v) is 9.33. The zero-order valence-electron chi connectivity index (χ0n) is 12.0. The molecule has 8 heteroatoms. The zero-order valence-corrected chi connectivity index (χ0v) is 15.2. The van der Waals surface area contributed by atoms with Crippen LogP contribution in [0.25, 0.3) is 10.9 Å². The summed E-state index contributed by atoms with van der Waals surface area (Å²) >= 11 is 10.9. The fourth-order valence-electron chi connectivity index (χ4n) is 2.58. The van der Waals surface area contributed by atoms with Gasteiger partial charge in [-0.3, -0.25) is 14.2 Å². The second-order valence-electron chi connectivity index (χ2n) is 5.47. The van der Waals surface area contributed by atoms with Crippen molar-refractivity contribution in [1.29, 1.82) is 0 Å². The summed E-state index contributed by atoms with van der Waals surface area (Å²) in [5, 5.41) is 10.5. The third-order valence-corrected chi connectivity index (χ3v) is 6.39. The predicted molar refractivity (Wildman–Crippen MR) is 95.2 cm³/mol. The van der Waals surface area contributed by atoms with Crippen molar-refractivity contribution < 1.29 is 9.90 Å². The number of carbonyl (C=O) groups excluding carboxylic acids is 1. The lowest BCUT2D eigenvalue weighted by molar-refractivity contribution is -0.120. The monoisotopic (exact) mass is 416 g/mol. The van der Waals surface area contributed by atoms with Gasteiger partial charge in [-0.1, -0.05) is 11.6 Å². The Labute approximate surface area is 150 Å². The topological polar surface area (TPSA) is 72.2 Å². The van der Waals surface area contributed by atoms with E-state index in [1.165, 1.54) is 10.9 Å². The van der Waals surface area contributed by atoms with Crippen LogP contribution in [0.2, 0.25) is 5.02 Å². The van der Waals surface area contributed by atoms with Gasteiger partial charge in [0.25, 0.3) is 5.56 Å². The minimum atomic E-state index is -0.438. The van der Waals surface area contributed by atoms with Gasteiger partial charge < -0.3 is 5.11 Å².